The van der Waals surface area contributed by atoms with Gasteiger partial charge in [-0.15, -0.1) is 0 Å². The molecule has 1 N–H and O–H groups in total. The monoisotopic (exact) mass is 324 g/mol. The lowest BCUT2D eigenvalue weighted by molar-refractivity contribution is -0.120. The summed E-state index contributed by atoms with van der Waals surface area (Å²) >= 11 is 6.13. The fourth-order valence-corrected chi connectivity index (χ4v) is 1.79. The Morgan fingerprint density at radius 3 is 2.91 bits per heavy atom. The summed E-state index contributed by atoms with van der Waals surface area (Å²) in [6, 6.07) is 1.64. The number of amides is 1. The van der Waals surface area contributed by atoms with Crippen molar-refractivity contribution < 1.29 is 14.1 Å². The minimum absolute atomic E-state index is 0.0523. The molecule has 2 aromatic rings. The van der Waals surface area contributed by atoms with Gasteiger partial charge in [-0.05, 0) is 12.0 Å². The Kier molecular flexibility index (Phi) is 5.32. The van der Waals surface area contributed by atoms with Crippen LogP contribution < -0.4 is 10.1 Å². The Bertz CT molecular complexity index is 657. The summed E-state index contributed by atoms with van der Waals surface area (Å²) in [6.45, 7) is 4.60. The maximum absolute atomic E-state index is 11.3. The fraction of sp³-hybridized carbons (Fsp3) is 0.429. The van der Waals surface area contributed by atoms with E-state index in [2.05, 4.69) is 20.4 Å². The highest BCUT2D eigenvalue weighted by molar-refractivity contribution is 6.32. The SMILES string of the molecule is CNC(=O)Cc1noc(-c2cnc(OCC(C)C)c(Cl)c2)n1. The van der Waals surface area contributed by atoms with Crippen molar-refractivity contribution in [3.8, 4) is 17.3 Å². The summed E-state index contributed by atoms with van der Waals surface area (Å²) < 4.78 is 10.6. The van der Waals surface area contributed by atoms with E-state index in [1.807, 2.05) is 13.8 Å². The lowest BCUT2D eigenvalue weighted by Gasteiger charge is -2.09. The third kappa shape index (κ3) is 4.17. The van der Waals surface area contributed by atoms with E-state index in [4.69, 9.17) is 20.9 Å². The van der Waals surface area contributed by atoms with E-state index in [-0.39, 0.29) is 18.2 Å². The molecule has 2 rings (SSSR count). The van der Waals surface area contributed by atoms with Crippen molar-refractivity contribution >= 4 is 17.5 Å². The van der Waals surface area contributed by atoms with Crippen LogP contribution in [0.4, 0.5) is 0 Å². The number of aromatic nitrogens is 3. The van der Waals surface area contributed by atoms with E-state index < -0.39 is 0 Å². The lowest BCUT2D eigenvalue weighted by atomic mass is 10.2. The Balaban J connectivity index is 2.12. The second kappa shape index (κ2) is 7.22. The van der Waals surface area contributed by atoms with Crippen molar-refractivity contribution in [3.63, 3.8) is 0 Å². The zero-order valence-corrected chi connectivity index (χ0v) is 13.3. The lowest BCUT2D eigenvalue weighted by Crippen LogP contribution is -2.20. The summed E-state index contributed by atoms with van der Waals surface area (Å²) in [6.07, 6.45) is 1.59. The quantitative estimate of drug-likeness (QED) is 0.875. The molecule has 0 bridgehead atoms. The average Bonchev–Trinajstić information content (AvgIpc) is 2.94. The Hall–Kier alpha value is -2.15. The molecule has 0 aliphatic rings. The van der Waals surface area contributed by atoms with Gasteiger partial charge in [0.25, 0.3) is 5.89 Å². The normalized spacial score (nSPS) is 10.8. The first-order valence-electron chi connectivity index (χ1n) is 6.81. The van der Waals surface area contributed by atoms with E-state index in [0.717, 1.165) is 0 Å². The molecule has 0 aliphatic heterocycles. The van der Waals surface area contributed by atoms with E-state index >= 15 is 0 Å². The number of hydrogen-bond acceptors (Lipinski definition) is 6. The summed E-state index contributed by atoms with van der Waals surface area (Å²) in [7, 11) is 1.54. The maximum Gasteiger partial charge on any atom is 0.259 e. The molecule has 0 radical (unpaired) electrons. The van der Waals surface area contributed by atoms with Crippen LogP contribution in [-0.4, -0.2) is 34.7 Å². The van der Waals surface area contributed by atoms with Crippen LogP contribution in [0.3, 0.4) is 0 Å². The first-order valence-corrected chi connectivity index (χ1v) is 7.19. The highest BCUT2D eigenvalue weighted by Gasteiger charge is 2.14. The topological polar surface area (TPSA) is 90.1 Å². The molecule has 1 amide bonds. The van der Waals surface area contributed by atoms with Gasteiger partial charge in [0.05, 0.1) is 18.6 Å². The van der Waals surface area contributed by atoms with Crippen LogP contribution in [0.15, 0.2) is 16.8 Å². The van der Waals surface area contributed by atoms with Gasteiger partial charge in [0.1, 0.15) is 5.02 Å². The average molecular weight is 325 g/mol. The van der Waals surface area contributed by atoms with Gasteiger partial charge in [-0.25, -0.2) is 4.98 Å². The number of halogens is 1. The molecule has 2 heterocycles. The predicted octanol–water partition coefficient (Wildman–Crippen LogP) is 2.11. The van der Waals surface area contributed by atoms with Gasteiger partial charge < -0.3 is 14.6 Å². The van der Waals surface area contributed by atoms with Gasteiger partial charge >= 0.3 is 0 Å². The highest BCUT2D eigenvalue weighted by Crippen LogP contribution is 2.27. The minimum Gasteiger partial charge on any atom is -0.476 e. The maximum atomic E-state index is 11.3. The molecule has 0 fully saturated rings. The minimum atomic E-state index is -0.194. The van der Waals surface area contributed by atoms with E-state index in [1.165, 1.54) is 0 Å². The summed E-state index contributed by atoms with van der Waals surface area (Å²) in [5, 5.41) is 6.60. The largest absolute Gasteiger partial charge is 0.476 e. The van der Waals surface area contributed by atoms with Crippen molar-refractivity contribution in [1.82, 2.24) is 20.4 Å². The van der Waals surface area contributed by atoms with Crippen LogP contribution >= 0.6 is 11.6 Å². The van der Waals surface area contributed by atoms with Gasteiger partial charge in [-0.1, -0.05) is 30.6 Å². The van der Waals surface area contributed by atoms with Crippen molar-refractivity contribution in [2.24, 2.45) is 5.92 Å². The first kappa shape index (κ1) is 16.2. The first-order chi connectivity index (χ1) is 10.5. The van der Waals surface area contributed by atoms with Crippen LogP contribution in [0.5, 0.6) is 5.88 Å². The number of hydrogen-bond donors (Lipinski definition) is 1. The molecule has 22 heavy (non-hydrogen) atoms. The third-order valence-corrected chi connectivity index (χ3v) is 2.94. The van der Waals surface area contributed by atoms with E-state index in [1.54, 1.807) is 19.3 Å². The molecule has 0 saturated heterocycles. The third-order valence-electron chi connectivity index (χ3n) is 2.67. The number of nitrogens with one attached hydrogen (secondary N) is 1. The number of ether oxygens (including phenoxy) is 1. The number of nitrogens with zero attached hydrogens (tertiary/aromatic N) is 3. The Morgan fingerprint density at radius 1 is 1.50 bits per heavy atom. The molecule has 0 aromatic carbocycles. The molecule has 118 valence electrons. The summed E-state index contributed by atoms with van der Waals surface area (Å²) in [4.78, 5) is 19.6. The van der Waals surface area contributed by atoms with Crippen LogP contribution in [0.25, 0.3) is 11.5 Å². The molecule has 0 aliphatic carbocycles. The number of carbonyl (C=O) groups excluding carboxylic acids is 1. The highest BCUT2D eigenvalue weighted by atomic mass is 35.5. The van der Waals surface area contributed by atoms with E-state index in [9.17, 15) is 4.79 Å². The molecule has 0 spiro atoms. The van der Waals surface area contributed by atoms with Crippen molar-refractivity contribution in [3.05, 3.63) is 23.1 Å². The Labute approximate surface area is 133 Å². The fourth-order valence-electron chi connectivity index (χ4n) is 1.57. The van der Waals surface area contributed by atoms with Crippen molar-refractivity contribution in [2.45, 2.75) is 20.3 Å². The van der Waals surface area contributed by atoms with E-state index in [0.29, 0.717) is 34.8 Å². The summed E-state index contributed by atoms with van der Waals surface area (Å²) in [5.74, 6) is 1.10. The van der Waals surface area contributed by atoms with Gasteiger partial charge in [-0.2, -0.15) is 4.98 Å². The second-order valence-electron chi connectivity index (χ2n) is 5.08. The van der Waals surface area contributed by atoms with Crippen LogP contribution in [-0.2, 0) is 11.2 Å². The zero-order chi connectivity index (χ0) is 16.1. The number of carbonyl (C=O) groups is 1. The molecular weight excluding hydrogens is 308 g/mol. The van der Waals surface area contributed by atoms with Crippen LogP contribution in [0.2, 0.25) is 5.02 Å². The molecule has 8 heteroatoms. The number of rotatable bonds is 6. The number of likely N-dealkylation sites (N-methyl/N-ethyl adjacent to an activating group) is 1. The summed E-state index contributed by atoms with van der Waals surface area (Å²) in [5.41, 5.74) is 0.567. The second-order valence-corrected chi connectivity index (χ2v) is 5.49. The predicted molar refractivity (Wildman–Crippen MR) is 80.6 cm³/mol. The van der Waals surface area contributed by atoms with Crippen LogP contribution in [0, 0.1) is 5.92 Å². The smallest absolute Gasteiger partial charge is 0.259 e. The van der Waals surface area contributed by atoms with Crippen molar-refractivity contribution in [2.75, 3.05) is 13.7 Å². The Morgan fingerprint density at radius 2 is 2.27 bits per heavy atom. The molecular formula is C14H17ClN4O3. The number of pyridine rings is 1. The molecule has 0 saturated carbocycles. The van der Waals surface area contributed by atoms with Crippen molar-refractivity contribution in [1.29, 1.82) is 0 Å². The molecule has 0 unspecified atom stereocenters. The zero-order valence-electron chi connectivity index (χ0n) is 12.6. The van der Waals surface area contributed by atoms with Crippen LogP contribution in [0.1, 0.15) is 19.7 Å². The van der Waals surface area contributed by atoms with Gasteiger partial charge in [0.15, 0.2) is 5.82 Å². The van der Waals surface area contributed by atoms with Gasteiger partial charge in [-0.3, -0.25) is 4.79 Å². The molecule has 2 aromatic heterocycles. The van der Waals surface area contributed by atoms with Gasteiger partial charge in [0.2, 0.25) is 11.8 Å². The molecule has 7 nitrogen and oxygen atoms in total. The molecule has 0 atom stereocenters. The van der Waals surface area contributed by atoms with Gasteiger partial charge in [0, 0.05) is 13.2 Å². The standard InChI is InChI=1S/C14H17ClN4O3/c1-8(2)7-21-14-10(15)4-9(6-17-14)13-18-11(19-22-13)5-12(20)16-3/h4,6,8H,5,7H2,1-3H3,(H,16,20).